The van der Waals surface area contributed by atoms with Crippen molar-refractivity contribution in [3.05, 3.63) is 53.1 Å². The van der Waals surface area contributed by atoms with Crippen LogP contribution in [0.5, 0.6) is 5.75 Å². The van der Waals surface area contributed by atoms with Crippen LogP contribution in [0.25, 0.3) is 11.1 Å². The summed E-state index contributed by atoms with van der Waals surface area (Å²) >= 11 is 0. The van der Waals surface area contributed by atoms with Crippen LogP contribution in [-0.2, 0) is 0 Å². The number of benzene rings is 2. The van der Waals surface area contributed by atoms with Gasteiger partial charge in [-0.25, -0.2) is 0 Å². The van der Waals surface area contributed by atoms with Crippen molar-refractivity contribution in [3.8, 4) is 22.9 Å². The van der Waals surface area contributed by atoms with Gasteiger partial charge in [-0.3, -0.25) is 0 Å². The number of phenolic OH excluding ortho intramolecular Hbond substituents is 1. The Kier molecular flexibility index (Phi) is 2.84. The molecule has 0 aliphatic rings. The number of aryl methyl sites for hydroxylation is 2. The Morgan fingerprint density at radius 3 is 2.06 bits per heavy atom. The third-order valence-electron chi connectivity index (χ3n) is 2.88. The quantitative estimate of drug-likeness (QED) is 0.803. The summed E-state index contributed by atoms with van der Waals surface area (Å²) < 4.78 is 0. The Morgan fingerprint density at radius 2 is 1.53 bits per heavy atom. The highest BCUT2D eigenvalue weighted by atomic mass is 16.3. The molecule has 0 heterocycles. The average Bonchev–Trinajstić information content (AvgIpc) is 2.32. The van der Waals surface area contributed by atoms with Gasteiger partial charge < -0.3 is 5.11 Å². The number of aromatic hydroxyl groups is 1. The topological polar surface area (TPSA) is 44.0 Å². The normalized spacial score (nSPS) is 9.94. The van der Waals surface area contributed by atoms with Gasteiger partial charge in [-0.1, -0.05) is 18.2 Å². The van der Waals surface area contributed by atoms with Crippen LogP contribution in [-0.4, -0.2) is 5.11 Å². The molecule has 0 radical (unpaired) electrons. The minimum absolute atomic E-state index is 0.305. The van der Waals surface area contributed by atoms with Crippen molar-refractivity contribution < 1.29 is 5.11 Å². The molecule has 2 heteroatoms. The molecule has 1 N–H and O–H groups in total. The van der Waals surface area contributed by atoms with E-state index < -0.39 is 0 Å². The maximum Gasteiger partial charge on any atom is 0.118 e. The molecule has 2 aromatic rings. The van der Waals surface area contributed by atoms with E-state index in [1.54, 1.807) is 6.07 Å². The van der Waals surface area contributed by atoms with Crippen LogP contribution in [0.1, 0.15) is 16.7 Å². The summed E-state index contributed by atoms with van der Waals surface area (Å²) in [6.45, 7) is 3.80. The number of nitrogens with zero attached hydrogens (tertiary/aromatic N) is 1. The molecule has 0 atom stereocenters. The zero-order valence-corrected chi connectivity index (χ0v) is 9.86. The molecular formula is C15H13NO. The molecule has 0 aliphatic heterocycles. The molecule has 0 fully saturated rings. The lowest BCUT2D eigenvalue weighted by molar-refractivity contribution is 0.471. The number of phenols is 1. The van der Waals surface area contributed by atoms with Gasteiger partial charge in [0.25, 0.3) is 0 Å². The largest absolute Gasteiger partial charge is 0.508 e. The SMILES string of the molecule is Cc1cc(-c2ccc(C#N)c(C)c2)ccc1O. The molecule has 0 unspecified atom stereocenters. The third-order valence-corrected chi connectivity index (χ3v) is 2.88. The van der Waals surface area contributed by atoms with E-state index in [9.17, 15) is 5.11 Å². The highest BCUT2D eigenvalue weighted by molar-refractivity contribution is 5.67. The zero-order valence-electron chi connectivity index (χ0n) is 9.86. The van der Waals surface area contributed by atoms with Crippen LogP contribution >= 0.6 is 0 Å². The van der Waals surface area contributed by atoms with E-state index in [2.05, 4.69) is 6.07 Å². The summed E-state index contributed by atoms with van der Waals surface area (Å²) in [5, 5.41) is 18.4. The first-order valence-electron chi connectivity index (χ1n) is 5.42. The molecule has 2 aromatic carbocycles. The number of nitriles is 1. The fourth-order valence-electron chi connectivity index (χ4n) is 1.80. The molecule has 0 saturated heterocycles. The second-order valence-electron chi connectivity index (χ2n) is 4.14. The van der Waals surface area contributed by atoms with Crippen molar-refractivity contribution in [3.63, 3.8) is 0 Å². The molecule has 2 rings (SSSR count). The number of hydrogen-bond acceptors (Lipinski definition) is 2. The first kappa shape index (κ1) is 11.2. The van der Waals surface area contributed by atoms with Crippen molar-refractivity contribution in [1.29, 1.82) is 5.26 Å². The van der Waals surface area contributed by atoms with Gasteiger partial charge in [0.1, 0.15) is 5.75 Å². The summed E-state index contributed by atoms with van der Waals surface area (Å²) in [7, 11) is 0. The van der Waals surface area contributed by atoms with Gasteiger partial charge in [-0.2, -0.15) is 5.26 Å². The highest BCUT2D eigenvalue weighted by Crippen LogP contribution is 2.26. The summed E-state index contributed by atoms with van der Waals surface area (Å²) in [6, 6.07) is 13.4. The minimum Gasteiger partial charge on any atom is -0.508 e. The van der Waals surface area contributed by atoms with Gasteiger partial charge in [-0.05, 0) is 54.3 Å². The smallest absolute Gasteiger partial charge is 0.118 e. The summed E-state index contributed by atoms with van der Waals surface area (Å²) in [5.74, 6) is 0.305. The van der Waals surface area contributed by atoms with E-state index in [4.69, 9.17) is 5.26 Å². The Bertz CT molecular complexity index is 609. The maximum atomic E-state index is 9.48. The second kappa shape index (κ2) is 4.31. The fourth-order valence-corrected chi connectivity index (χ4v) is 1.80. The molecule has 2 nitrogen and oxygen atoms in total. The molecule has 84 valence electrons. The van der Waals surface area contributed by atoms with E-state index in [0.717, 1.165) is 22.3 Å². The first-order chi connectivity index (χ1) is 8.11. The standard InChI is InChI=1S/C15H13NO/c1-10-7-12(3-4-14(10)9-16)13-5-6-15(17)11(2)8-13/h3-8,17H,1-2H3. The predicted molar refractivity (Wildman–Crippen MR) is 67.7 cm³/mol. The Labute approximate surface area is 101 Å². The fraction of sp³-hybridized carbons (Fsp3) is 0.133. The molecule has 0 saturated carbocycles. The molecule has 0 aromatic heterocycles. The van der Waals surface area contributed by atoms with Gasteiger partial charge in [0, 0.05) is 0 Å². The Morgan fingerprint density at radius 1 is 0.941 bits per heavy atom. The molecule has 0 bridgehead atoms. The predicted octanol–water partition coefficient (Wildman–Crippen LogP) is 3.55. The molecule has 0 aliphatic carbocycles. The van der Waals surface area contributed by atoms with Crippen LogP contribution in [0.4, 0.5) is 0 Å². The highest BCUT2D eigenvalue weighted by Gasteiger charge is 2.03. The average molecular weight is 223 g/mol. The lowest BCUT2D eigenvalue weighted by Gasteiger charge is -2.06. The van der Waals surface area contributed by atoms with E-state index in [1.807, 2.05) is 44.2 Å². The van der Waals surface area contributed by atoms with Crippen molar-refractivity contribution in [1.82, 2.24) is 0 Å². The molecule has 0 spiro atoms. The molecule has 17 heavy (non-hydrogen) atoms. The van der Waals surface area contributed by atoms with Crippen LogP contribution in [0.2, 0.25) is 0 Å². The van der Waals surface area contributed by atoms with Crippen molar-refractivity contribution in [2.75, 3.05) is 0 Å². The van der Waals surface area contributed by atoms with Gasteiger partial charge in [-0.15, -0.1) is 0 Å². The van der Waals surface area contributed by atoms with Crippen LogP contribution in [0.15, 0.2) is 36.4 Å². The van der Waals surface area contributed by atoms with E-state index in [1.165, 1.54) is 0 Å². The van der Waals surface area contributed by atoms with Crippen LogP contribution in [0, 0.1) is 25.2 Å². The lowest BCUT2D eigenvalue weighted by atomic mass is 9.99. The summed E-state index contributed by atoms with van der Waals surface area (Å²) in [6.07, 6.45) is 0. The first-order valence-corrected chi connectivity index (χ1v) is 5.42. The van der Waals surface area contributed by atoms with E-state index >= 15 is 0 Å². The zero-order chi connectivity index (χ0) is 12.4. The maximum absolute atomic E-state index is 9.48. The molecule has 0 amide bonds. The van der Waals surface area contributed by atoms with Gasteiger partial charge in [0.15, 0.2) is 0 Å². The summed E-state index contributed by atoms with van der Waals surface area (Å²) in [5.41, 5.74) is 4.63. The number of hydrogen-bond donors (Lipinski definition) is 1. The van der Waals surface area contributed by atoms with Crippen molar-refractivity contribution in [2.24, 2.45) is 0 Å². The van der Waals surface area contributed by atoms with Crippen LogP contribution < -0.4 is 0 Å². The van der Waals surface area contributed by atoms with Gasteiger partial charge in [0.2, 0.25) is 0 Å². The van der Waals surface area contributed by atoms with E-state index in [-0.39, 0.29) is 0 Å². The summed E-state index contributed by atoms with van der Waals surface area (Å²) in [4.78, 5) is 0. The molecular weight excluding hydrogens is 210 g/mol. The van der Waals surface area contributed by atoms with Gasteiger partial charge in [0.05, 0.1) is 11.6 Å². The van der Waals surface area contributed by atoms with Crippen molar-refractivity contribution in [2.45, 2.75) is 13.8 Å². The van der Waals surface area contributed by atoms with Crippen molar-refractivity contribution >= 4 is 0 Å². The Hall–Kier alpha value is -2.27. The number of rotatable bonds is 1. The lowest BCUT2D eigenvalue weighted by Crippen LogP contribution is -1.85. The van der Waals surface area contributed by atoms with Gasteiger partial charge >= 0.3 is 0 Å². The van der Waals surface area contributed by atoms with Crippen LogP contribution in [0.3, 0.4) is 0 Å². The third kappa shape index (κ3) is 2.14. The van der Waals surface area contributed by atoms with E-state index in [0.29, 0.717) is 11.3 Å². The Balaban J connectivity index is 2.50. The monoisotopic (exact) mass is 223 g/mol. The second-order valence-corrected chi connectivity index (χ2v) is 4.14. The minimum atomic E-state index is 0.305.